The van der Waals surface area contributed by atoms with E-state index in [1.165, 1.54) is 0 Å². The smallest absolute Gasteiger partial charge is 0.209 e. The normalized spacial score (nSPS) is 11.7. The standard InChI is InChI=1S/C13H20N6/c1-2-3-7-17-13(16)19-18-9-10-5-4-6-11(8-10)12(14)15/h4-6,8-9H,2-3,7H2,1H3,(H3,14,15)(H3,16,17,19)/b18-9+. The van der Waals surface area contributed by atoms with Gasteiger partial charge in [-0.15, -0.1) is 0 Å². The van der Waals surface area contributed by atoms with Gasteiger partial charge in [-0.2, -0.15) is 5.10 Å². The quantitative estimate of drug-likeness (QED) is 0.265. The molecule has 0 aliphatic heterocycles. The fraction of sp³-hybridized carbons (Fsp3) is 0.308. The molecular weight excluding hydrogens is 240 g/mol. The number of unbranched alkanes of at least 4 members (excludes halogenated alkanes) is 1. The minimum atomic E-state index is 0.0313. The molecule has 0 aliphatic rings. The molecule has 0 aromatic heterocycles. The third kappa shape index (κ3) is 5.67. The zero-order valence-electron chi connectivity index (χ0n) is 11.1. The number of nitrogens with one attached hydrogen (secondary N) is 2. The molecule has 0 radical (unpaired) electrons. The van der Waals surface area contributed by atoms with Gasteiger partial charge in [0.05, 0.1) is 6.21 Å². The molecule has 6 heteroatoms. The summed E-state index contributed by atoms with van der Waals surface area (Å²) in [5.41, 5.74) is 15.2. The highest BCUT2D eigenvalue weighted by atomic mass is 15.3. The Morgan fingerprint density at radius 3 is 2.89 bits per heavy atom. The first-order valence-electron chi connectivity index (χ1n) is 6.17. The van der Waals surface area contributed by atoms with Crippen molar-refractivity contribution < 1.29 is 0 Å². The predicted octanol–water partition coefficient (Wildman–Crippen LogP) is 1.01. The first-order valence-corrected chi connectivity index (χ1v) is 6.17. The Balaban J connectivity index is 2.55. The highest BCUT2D eigenvalue weighted by Crippen LogP contribution is 2.01. The van der Waals surface area contributed by atoms with Crippen molar-refractivity contribution >= 4 is 18.0 Å². The van der Waals surface area contributed by atoms with Gasteiger partial charge in [0.15, 0.2) is 0 Å². The second-order valence-corrected chi connectivity index (χ2v) is 4.03. The Hall–Kier alpha value is -2.37. The van der Waals surface area contributed by atoms with Gasteiger partial charge < -0.3 is 11.5 Å². The molecule has 0 bridgehead atoms. The number of nitrogens with two attached hydrogens (primary N) is 2. The van der Waals surface area contributed by atoms with Crippen molar-refractivity contribution in [2.45, 2.75) is 19.8 Å². The second-order valence-electron chi connectivity index (χ2n) is 4.03. The van der Waals surface area contributed by atoms with E-state index in [-0.39, 0.29) is 5.84 Å². The Kier molecular flexibility index (Phi) is 6.08. The predicted molar refractivity (Wildman–Crippen MR) is 79.6 cm³/mol. The van der Waals surface area contributed by atoms with Crippen molar-refractivity contribution in [3.8, 4) is 0 Å². The summed E-state index contributed by atoms with van der Waals surface area (Å²) in [7, 11) is 0. The van der Waals surface area contributed by atoms with Crippen molar-refractivity contribution in [2.75, 3.05) is 6.54 Å². The van der Waals surface area contributed by atoms with E-state index in [2.05, 4.69) is 22.4 Å². The highest BCUT2D eigenvalue weighted by molar-refractivity contribution is 5.96. The fourth-order valence-electron chi connectivity index (χ4n) is 1.35. The van der Waals surface area contributed by atoms with Crippen LogP contribution in [0.4, 0.5) is 0 Å². The molecule has 0 unspecified atom stereocenters. The molecule has 0 fully saturated rings. The van der Waals surface area contributed by atoms with Crippen molar-refractivity contribution in [2.24, 2.45) is 21.6 Å². The van der Waals surface area contributed by atoms with Crippen LogP contribution in [0, 0.1) is 5.41 Å². The van der Waals surface area contributed by atoms with E-state index in [1.807, 2.05) is 12.1 Å². The number of guanidine groups is 1. The average molecular weight is 260 g/mol. The molecule has 0 atom stereocenters. The monoisotopic (exact) mass is 260 g/mol. The lowest BCUT2D eigenvalue weighted by Crippen LogP contribution is -2.27. The number of hydrogen-bond acceptors (Lipinski definition) is 3. The fourth-order valence-corrected chi connectivity index (χ4v) is 1.35. The molecule has 0 saturated heterocycles. The van der Waals surface area contributed by atoms with Gasteiger partial charge >= 0.3 is 0 Å². The van der Waals surface area contributed by atoms with Crippen molar-refractivity contribution in [1.29, 1.82) is 5.41 Å². The first-order chi connectivity index (χ1) is 9.13. The largest absolute Gasteiger partial charge is 0.384 e. The Morgan fingerprint density at radius 1 is 1.42 bits per heavy atom. The Labute approximate surface area is 113 Å². The third-order valence-electron chi connectivity index (χ3n) is 2.38. The molecule has 0 saturated carbocycles. The summed E-state index contributed by atoms with van der Waals surface area (Å²) in [4.78, 5) is 4.11. The van der Waals surface area contributed by atoms with Crippen molar-refractivity contribution in [1.82, 2.24) is 5.43 Å². The lowest BCUT2D eigenvalue weighted by Gasteiger charge is -2.00. The number of benzene rings is 1. The van der Waals surface area contributed by atoms with E-state index in [4.69, 9.17) is 16.9 Å². The molecule has 1 rings (SSSR count). The van der Waals surface area contributed by atoms with Crippen molar-refractivity contribution in [3.05, 3.63) is 35.4 Å². The summed E-state index contributed by atoms with van der Waals surface area (Å²) in [6.45, 7) is 2.80. The van der Waals surface area contributed by atoms with E-state index in [0.29, 0.717) is 18.1 Å². The zero-order valence-corrected chi connectivity index (χ0v) is 11.1. The van der Waals surface area contributed by atoms with Crippen LogP contribution in [0.3, 0.4) is 0 Å². The summed E-state index contributed by atoms with van der Waals surface area (Å²) in [5.74, 6) is 0.330. The SMILES string of the molecule is CCCCN=C(N)N/N=C/c1cccc(C(=N)N)c1. The maximum atomic E-state index is 7.35. The van der Waals surface area contributed by atoms with Gasteiger partial charge in [0.1, 0.15) is 5.84 Å². The number of nitrogens with zero attached hydrogens (tertiary/aromatic N) is 2. The van der Waals surface area contributed by atoms with Crippen LogP contribution in [0.15, 0.2) is 34.4 Å². The maximum Gasteiger partial charge on any atom is 0.209 e. The molecule has 1 aromatic rings. The number of hydrogen-bond donors (Lipinski definition) is 4. The third-order valence-corrected chi connectivity index (χ3v) is 2.38. The van der Waals surface area contributed by atoms with E-state index >= 15 is 0 Å². The van der Waals surface area contributed by atoms with Gasteiger partial charge in [0, 0.05) is 12.1 Å². The van der Waals surface area contributed by atoms with Gasteiger partial charge in [-0.3, -0.25) is 10.4 Å². The van der Waals surface area contributed by atoms with Crippen molar-refractivity contribution in [3.63, 3.8) is 0 Å². The topological polar surface area (TPSA) is 113 Å². The van der Waals surface area contributed by atoms with Crippen LogP contribution in [0.5, 0.6) is 0 Å². The first kappa shape index (κ1) is 14.7. The molecule has 19 heavy (non-hydrogen) atoms. The van der Waals surface area contributed by atoms with Gasteiger partial charge in [-0.1, -0.05) is 31.5 Å². The molecule has 102 valence electrons. The van der Waals surface area contributed by atoms with Crippen LogP contribution >= 0.6 is 0 Å². The zero-order chi connectivity index (χ0) is 14.1. The molecule has 0 aliphatic carbocycles. The lowest BCUT2D eigenvalue weighted by molar-refractivity contribution is 0.800. The second kappa shape index (κ2) is 7.86. The molecular formula is C13H20N6. The minimum absolute atomic E-state index is 0.0313. The molecule has 0 spiro atoms. The molecule has 0 amide bonds. The van der Waals surface area contributed by atoms with E-state index in [9.17, 15) is 0 Å². The van der Waals surface area contributed by atoms with E-state index in [1.54, 1.807) is 18.3 Å². The van der Waals surface area contributed by atoms with Crippen LogP contribution in [0.1, 0.15) is 30.9 Å². The van der Waals surface area contributed by atoms with Crippen LogP contribution in [-0.4, -0.2) is 24.6 Å². The summed E-state index contributed by atoms with van der Waals surface area (Å²) in [5, 5.41) is 11.3. The van der Waals surface area contributed by atoms with E-state index < -0.39 is 0 Å². The summed E-state index contributed by atoms with van der Waals surface area (Å²) in [6, 6.07) is 7.23. The number of aliphatic imine (C=N–C) groups is 1. The summed E-state index contributed by atoms with van der Waals surface area (Å²) >= 11 is 0. The highest BCUT2D eigenvalue weighted by Gasteiger charge is 1.96. The van der Waals surface area contributed by atoms with Crippen LogP contribution in [0.25, 0.3) is 0 Å². The van der Waals surface area contributed by atoms with E-state index in [0.717, 1.165) is 18.4 Å². The Bertz CT molecular complexity index is 478. The van der Waals surface area contributed by atoms with Gasteiger partial charge in [-0.25, -0.2) is 5.43 Å². The molecule has 1 aromatic carbocycles. The van der Waals surface area contributed by atoms with Crippen LogP contribution < -0.4 is 16.9 Å². The number of hydrazone groups is 1. The summed E-state index contributed by atoms with van der Waals surface area (Å²) in [6.07, 6.45) is 3.69. The van der Waals surface area contributed by atoms with Gasteiger partial charge in [-0.05, 0) is 18.1 Å². The average Bonchev–Trinajstić information content (AvgIpc) is 2.39. The number of rotatable bonds is 6. The van der Waals surface area contributed by atoms with Gasteiger partial charge in [0.2, 0.25) is 5.96 Å². The van der Waals surface area contributed by atoms with Crippen LogP contribution in [-0.2, 0) is 0 Å². The number of nitrogen functional groups attached to an aromatic ring is 1. The number of amidine groups is 1. The summed E-state index contributed by atoms with van der Waals surface area (Å²) < 4.78 is 0. The lowest BCUT2D eigenvalue weighted by atomic mass is 10.1. The van der Waals surface area contributed by atoms with Crippen LogP contribution in [0.2, 0.25) is 0 Å². The molecule has 0 heterocycles. The Morgan fingerprint density at radius 2 is 2.21 bits per heavy atom. The maximum absolute atomic E-state index is 7.35. The minimum Gasteiger partial charge on any atom is -0.384 e. The molecule has 6 nitrogen and oxygen atoms in total. The molecule has 6 N–H and O–H groups in total. The van der Waals surface area contributed by atoms with Gasteiger partial charge in [0.25, 0.3) is 0 Å².